The molecule has 0 N–H and O–H groups in total. The van der Waals surface area contributed by atoms with Gasteiger partial charge in [-0.1, -0.05) is 175 Å². The average Bonchev–Trinajstić information content (AvgIpc) is 2.95. The number of isothiocyanates is 1. The number of hydrogen-bond donors (Lipinski definition) is 0. The van der Waals surface area contributed by atoms with E-state index in [9.17, 15) is 0 Å². The smallest absolute Gasteiger partial charge is 0.0786 e. The fraction of sp³-hybridized carbons (Fsp3) is 0.973. The quantitative estimate of drug-likeness (QED) is 0.0336. The Kier molecular flexibility index (Phi) is 38.5. The lowest BCUT2D eigenvalue weighted by molar-refractivity contribution is -0.929. The number of hydrogen-bond acceptors (Lipinski definition) is 1. The summed E-state index contributed by atoms with van der Waals surface area (Å²) in [5.41, 5.74) is 0. The standard InChI is InChI=1S/C36H76N.CNS/c1-5-9-12-15-18-21-24-27-30-34-37(33-8-4,35-31-28-25-22-19-16-13-10-6-2)36-32-29-26-23-20-17-14-11-7-3;2-1-3/h5-36H2,1-4H3;/q+1;-1. The molecule has 0 fully saturated rings. The molecular formula is C37H76N2S. The normalized spacial score (nSPS) is 11.3. The molecule has 0 saturated carbocycles. The topological polar surface area (TPSA) is 22.3 Å². The van der Waals surface area contributed by atoms with Crippen LogP contribution in [-0.2, 0) is 0 Å². The van der Waals surface area contributed by atoms with Gasteiger partial charge >= 0.3 is 0 Å². The van der Waals surface area contributed by atoms with Crippen molar-refractivity contribution in [1.82, 2.24) is 0 Å². The summed E-state index contributed by atoms with van der Waals surface area (Å²) >= 11 is 3.70. The van der Waals surface area contributed by atoms with Crippen molar-refractivity contribution in [3.8, 4) is 0 Å². The predicted octanol–water partition coefficient (Wildman–Crippen LogP) is 13.5. The highest BCUT2D eigenvalue weighted by molar-refractivity contribution is 7.78. The molecule has 0 saturated heterocycles. The minimum Gasteiger partial charge on any atom is -0.753 e. The molecule has 0 radical (unpaired) electrons. The first-order valence-electron chi connectivity index (χ1n) is 18.5. The van der Waals surface area contributed by atoms with E-state index in [0.717, 1.165) is 0 Å². The van der Waals surface area contributed by atoms with Gasteiger partial charge in [-0.05, 0) is 44.9 Å². The fourth-order valence-electron chi connectivity index (χ4n) is 6.42. The van der Waals surface area contributed by atoms with Gasteiger partial charge in [0.15, 0.2) is 0 Å². The molecule has 0 aromatic carbocycles. The van der Waals surface area contributed by atoms with Crippen LogP contribution < -0.4 is 0 Å². The van der Waals surface area contributed by atoms with Gasteiger partial charge < -0.3 is 9.89 Å². The van der Waals surface area contributed by atoms with Crippen LogP contribution in [0.1, 0.15) is 207 Å². The minimum absolute atomic E-state index is 1.33. The van der Waals surface area contributed by atoms with Crippen molar-refractivity contribution in [2.45, 2.75) is 207 Å². The molecule has 0 spiro atoms. The van der Waals surface area contributed by atoms with Crippen molar-refractivity contribution in [1.29, 1.82) is 0 Å². The highest BCUT2D eigenvalue weighted by atomic mass is 32.1. The molecule has 0 unspecified atom stereocenters. The van der Waals surface area contributed by atoms with Crippen LogP contribution in [0.5, 0.6) is 0 Å². The van der Waals surface area contributed by atoms with E-state index >= 15 is 0 Å². The van der Waals surface area contributed by atoms with Crippen molar-refractivity contribution in [3.63, 3.8) is 0 Å². The molecule has 2 nitrogen and oxygen atoms in total. The van der Waals surface area contributed by atoms with Crippen LogP contribution in [0.2, 0.25) is 0 Å². The molecule has 0 atom stereocenters. The molecule has 0 aromatic rings. The van der Waals surface area contributed by atoms with Gasteiger partial charge in [0.2, 0.25) is 0 Å². The summed E-state index contributed by atoms with van der Waals surface area (Å²) in [6.07, 6.45) is 40.8. The highest BCUT2D eigenvalue weighted by Gasteiger charge is 2.25. The lowest BCUT2D eigenvalue weighted by atomic mass is 10.0. The Hall–Kier alpha value is -0.240. The lowest BCUT2D eigenvalue weighted by Gasteiger charge is -2.39. The van der Waals surface area contributed by atoms with Gasteiger partial charge in [0, 0.05) is 0 Å². The van der Waals surface area contributed by atoms with Gasteiger partial charge in [-0.3, -0.25) is 0 Å². The predicted molar refractivity (Wildman–Crippen MR) is 188 cm³/mol. The Bertz CT molecular complexity index is 431. The molecule has 0 aliphatic heterocycles. The average molecular weight is 581 g/mol. The van der Waals surface area contributed by atoms with Gasteiger partial charge in [0.1, 0.15) is 0 Å². The molecule has 0 amide bonds. The lowest BCUT2D eigenvalue weighted by Crippen LogP contribution is -2.50. The molecule has 3 heteroatoms. The third-order valence-electron chi connectivity index (χ3n) is 8.91. The number of quaternary nitrogens is 1. The molecule has 0 rings (SSSR count). The van der Waals surface area contributed by atoms with Crippen molar-refractivity contribution in [2.75, 3.05) is 26.2 Å². The van der Waals surface area contributed by atoms with Crippen LogP contribution in [0.25, 0.3) is 5.41 Å². The molecule has 0 aliphatic rings. The maximum Gasteiger partial charge on any atom is 0.0786 e. The molecular weight excluding hydrogens is 504 g/mol. The Morgan fingerprint density at radius 2 is 0.550 bits per heavy atom. The molecule has 40 heavy (non-hydrogen) atoms. The second-order valence-corrected chi connectivity index (χ2v) is 13.0. The van der Waals surface area contributed by atoms with Crippen molar-refractivity contribution in [2.24, 2.45) is 0 Å². The number of unbranched alkanes of at least 4 members (excludes halogenated alkanes) is 24. The van der Waals surface area contributed by atoms with Crippen LogP contribution in [0.3, 0.4) is 0 Å². The van der Waals surface area contributed by atoms with Crippen LogP contribution in [-0.4, -0.2) is 35.8 Å². The molecule has 0 aromatic heterocycles. The number of nitrogens with zero attached hydrogens (tertiary/aromatic N) is 2. The van der Waals surface area contributed by atoms with Crippen LogP contribution >= 0.6 is 12.2 Å². The Balaban J connectivity index is 0. The summed E-state index contributed by atoms with van der Waals surface area (Å²) in [7, 11) is 0. The molecule has 0 bridgehead atoms. The third-order valence-corrected chi connectivity index (χ3v) is 8.91. The van der Waals surface area contributed by atoms with E-state index in [1.807, 2.05) is 0 Å². The zero-order chi connectivity index (χ0) is 29.8. The first kappa shape index (κ1) is 41.9. The summed E-state index contributed by atoms with van der Waals surface area (Å²) in [6, 6.07) is 0. The van der Waals surface area contributed by atoms with Gasteiger partial charge in [0.05, 0.1) is 26.2 Å². The van der Waals surface area contributed by atoms with Gasteiger partial charge in [-0.25, -0.2) is 0 Å². The maximum atomic E-state index is 7.13. The van der Waals surface area contributed by atoms with E-state index in [4.69, 9.17) is 5.41 Å². The van der Waals surface area contributed by atoms with Crippen LogP contribution in [0.4, 0.5) is 0 Å². The summed E-state index contributed by atoms with van der Waals surface area (Å²) in [4.78, 5) is 0. The summed E-state index contributed by atoms with van der Waals surface area (Å²) in [5.74, 6) is 0. The van der Waals surface area contributed by atoms with Gasteiger partial charge in [-0.2, -0.15) is 5.16 Å². The Morgan fingerprint density at radius 1 is 0.350 bits per heavy atom. The first-order valence-corrected chi connectivity index (χ1v) is 18.9. The third kappa shape index (κ3) is 32.3. The minimum atomic E-state index is 1.33. The van der Waals surface area contributed by atoms with Crippen LogP contribution in [0.15, 0.2) is 0 Å². The summed E-state index contributed by atoms with van der Waals surface area (Å²) < 4.78 is 1.46. The zero-order valence-corrected chi connectivity index (χ0v) is 29.2. The molecule has 0 heterocycles. The van der Waals surface area contributed by atoms with Crippen molar-refractivity contribution < 1.29 is 4.48 Å². The van der Waals surface area contributed by atoms with E-state index in [-0.39, 0.29) is 0 Å². The van der Waals surface area contributed by atoms with Gasteiger partial charge in [-0.15, -0.1) is 0 Å². The van der Waals surface area contributed by atoms with Crippen LogP contribution in [0, 0.1) is 0 Å². The second-order valence-electron chi connectivity index (χ2n) is 12.8. The zero-order valence-electron chi connectivity index (χ0n) is 28.4. The van der Waals surface area contributed by atoms with E-state index in [1.165, 1.54) is 216 Å². The Labute approximate surface area is 260 Å². The molecule has 240 valence electrons. The SMILES string of the molecule is CCCCCCCCCCC[N+](CCC)(CCCCCCCCCCC)CCCCCCCCCCC.[N-]=C=S. The second kappa shape index (κ2) is 36.8. The van der Waals surface area contributed by atoms with Gasteiger partial charge in [0.25, 0.3) is 0 Å². The van der Waals surface area contributed by atoms with E-state index in [1.54, 1.807) is 0 Å². The van der Waals surface area contributed by atoms with Crippen molar-refractivity contribution >= 4 is 17.4 Å². The number of thiocarbonyl (C=S) groups is 1. The number of rotatable bonds is 32. The van der Waals surface area contributed by atoms with E-state index < -0.39 is 0 Å². The largest absolute Gasteiger partial charge is 0.753 e. The Morgan fingerprint density at radius 3 is 0.750 bits per heavy atom. The monoisotopic (exact) mass is 581 g/mol. The highest BCUT2D eigenvalue weighted by Crippen LogP contribution is 2.20. The molecule has 0 aliphatic carbocycles. The maximum absolute atomic E-state index is 7.13. The van der Waals surface area contributed by atoms with E-state index in [2.05, 4.69) is 39.9 Å². The van der Waals surface area contributed by atoms with Crippen molar-refractivity contribution in [3.05, 3.63) is 5.41 Å². The van der Waals surface area contributed by atoms with E-state index in [0.29, 0.717) is 0 Å². The first-order chi connectivity index (χ1) is 19.7. The summed E-state index contributed by atoms with van der Waals surface area (Å²) in [5, 5.41) is 8.47. The fourth-order valence-corrected chi connectivity index (χ4v) is 6.42. The summed E-state index contributed by atoms with van der Waals surface area (Å²) in [6.45, 7) is 15.3.